The summed E-state index contributed by atoms with van der Waals surface area (Å²) in [6.45, 7) is 1.63. The minimum Gasteiger partial charge on any atom is -0.447 e. The second-order valence-electron chi connectivity index (χ2n) is 6.79. The van der Waals surface area contributed by atoms with Crippen LogP contribution in [0.1, 0.15) is 15.9 Å². The number of pyridine rings is 1. The van der Waals surface area contributed by atoms with Crippen molar-refractivity contribution in [3.8, 4) is 0 Å². The summed E-state index contributed by atoms with van der Waals surface area (Å²) in [6, 6.07) is 13.3. The fourth-order valence-electron chi connectivity index (χ4n) is 3.73. The number of cyclic esters (lactones) is 1. The zero-order valence-corrected chi connectivity index (χ0v) is 14.3. The Morgan fingerprint density at radius 3 is 2.73 bits per heavy atom. The van der Waals surface area contributed by atoms with Gasteiger partial charge in [-0.2, -0.15) is 0 Å². The number of nitrogen functional groups attached to an aromatic ring is 1. The van der Waals surface area contributed by atoms with Crippen LogP contribution in [-0.4, -0.2) is 58.6 Å². The number of benzene rings is 1. The first-order chi connectivity index (χ1) is 12.6. The van der Waals surface area contributed by atoms with Gasteiger partial charge in [0.15, 0.2) is 0 Å². The van der Waals surface area contributed by atoms with E-state index in [2.05, 4.69) is 4.98 Å². The molecule has 0 saturated carbocycles. The van der Waals surface area contributed by atoms with E-state index in [1.54, 1.807) is 21.9 Å². The molecule has 1 aromatic carbocycles. The number of aromatic nitrogens is 1. The monoisotopic (exact) mass is 352 g/mol. The summed E-state index contributed by atoms with van der Waals surface area (Å²) in [6.07, 6.45) is 1.83. The van der Waals surface area contributed by atoms with E-state index in [4.69, 9.17) is 10.5 Å². The van der Waals surface area contributed by atoms with E-state index in [0.29, 0.717) is 37.4 Å². The Morgan fingerprint density at radius 2 is 2.00 bits per heavy atom. The lowest BCUT2D eigenvalue weighted by Crippen LogP contribution is -2.63. The van der Waals surface area contributed by atoms with Crippen LogP contribution < -0.4 is 5.73 Å². The average Bonchev–Trinajstić information content (AvgIpc) is 2.98. The van der Waals surface area contributed by atoms with E-state index < -0.39 is 5.54 Å². The van der Waals surface area contributed by atoms with E-state index in [0.717, 1.165) is 5.56 Å². The topological polar surface area (TPSA) is 88.8 Å². The lowest BCUT2D eigenvalue weighted by atomic mass is 9.88. The highest BCUT2D eigenvalue weighted by Crippen LogP contribution is 2.32. The maximum absolute atomic E-state index is 12.9. The number of nitrogens with zero attached hydrogens (tertiary/aromatic N) is 3. The van der Waals surface area contributed by atoms with Crippen molar-refractivity contribution < 1.29 is 14.3 Å². The molecule has 2 aliphatic rings. The Kier molecular flexibility index (Phi) is 3.99. The van der Waals surface area contributed by atoms with E-state index in [1.165, 1.54) is 6.20 Å². The molecule has 0 radical (unpaired) electrons. The summed E-state index contributed by atoms with van der Waals surface area (Å²) in [5.41, 5.74) is 6.67. The van der Waals surface area contributed by atoms with Gasteiger partial charge >= 0.3 is 6.09 Å². The third-order valence-corrected chi connectivity index (χ3v) is 5.03. The van der Waals surface area contributed by atoms with Crippen molar-refractivity contribution >= 4 is 17.8 Å². The summed E-state index contributed by atoms with van der Waals surface area (Å²) in [5, 5.41) is 0. The Bertz CT molecular complexity index is 824. The number of amides is 2. The van der Waals surface area contributed by atoms with Gasteiger partial charge in [0.05, 0.1) is 5.56 Å². The molecule has 3 heterocycles. The summed E-state index contributed by atoms with van der Waals surface area (Å²) < 4.78 is 5.35. The van der Waals surface area contributed by atoms with Gasteiger partial charge in [0.25, 0.3) is 5.91 Å². The zero-order valence-electron chi connectivity index (χ0n) is 14.3. The number of anilines is 1. The number of hydrogen-bond donors (Lipinski definition) is 1. The van der Waals surface area contributed by atoms with Crippen molar-refractivity contribution in [3.05, 3.63) is 59.8 Å². The largest absolute Gasteiger partial charge is 0.447 e. The first-order valence-electron chi connectivity index (χ1n) is 8.57. The number of nitrogens with two attached hydrogens (primary N) is 1. The molecule has 1 aromatic heterocycles. The molecule has 7 nitrogen and oxygen atoms in total. The first kappa shape index (κ1) is 16.4. The van der Waals surface area contributed by atoms with Crippen LogP contribution in [0.5, 0.6) is 0 Å². The molecule has 2 saturated heterocycles. The van der Waals surface area contributed by atoms with E-state index in [1.807, 2.05) is 30.3 Å². The van der Waals surface area contributed by atoms with Crippen molar-refractivity contribution in [3.63, 3.8) is 0 Å². The van der Waals surface area contributed by atoms with Gasteiger partial charge in [-0.1, -0.05) is 30.3 Å². The number of fused-ring (bicyclic) bond motifs is 1. The lowest BCUT2D eigenvalue weighted by Gasteiger charge is -2.44. The summed E-state index contributed by atoms with van der Waals surface area (Å²) in [5.74, 6) is 0.269. The third-order valence-electron chi connectivity index (χ3n) is 5.03. The molecule has 0 bridgehead atoms. The molecule has 2 aliphatic heterocycles. The quantitative estimate of drug-likeness (QED) is 0.905. The van der Waals surface area contributed by atoms with Gasteiger partial charge in [-0.05, 0) is 17.7 Å². The molecule has 134 valence electrons. The van der Waals surface area contributed by atoms with Crippen LogP contribution in [-0.2, 0) is 11.2 Å². The van der Waals surface area contributed by atoms with Crippen LogP contribution in [0.4, 0.5) is 10.6 Å². The van der Waals surface area contributed by atoms with Crippen LogP contribution in [0.25, 0.3) is 0 Å². The Morgan fingerprint density at radius 1 is 1.19 bits per heavy atom. The highest BCUT2D eigenvalue weighted by Gasteiger charge is 2.51. The average molecular weight is 352 g/mol. The second kappa shape index (κ2) is 6.33. The van der Waals surface area contributed by atoms with Crippen molar-refractivity contribution in [2.24, 2.45) is 0 Å². The predicted molar refractivity (Wildman–Crippen MR) is 95.5 cm³/mol. The maximum Gasteiger partial charge on any atom is 0.410 e. The number of hydrogen-bond acceptors (Lipinski definition) is 5. The Labute approximate surface area is 151 Å². The molecule has 0 spiro atoms. The summed E-state index contributed by atoms with van der Waals surface area (Å²) >= 11 is 0. The van der Waals surface area contributed by atoms with Gasteiger partial charge in [-0.15, -0.1) is 0 Å². The van der Waals surface area contributed by atoms with Crippen molar-refractivity contribution in [1.29, 1.82) is 0 Å². The predicted octanol–water partition coefficient (Wildman–Crippen LogP) is 1.55. The van der Waals surface area contributed by atoms with Crippen LogP contribution in [0, 0.1) is 0 Å². The van der Waals surface area contributed by atoms with Gasteiger partial charge in [-0.3, -0.25) is 9.69 Å². The zero-order chi connectivity index (χ0) is 18.1. The molecule has 1 unspecified atom stereocenters. The number of carbonyl (C=O) groups is 2. The highest BCUT2D eigenvalue weighted by molar-refractivity contribution is 5.94. The van der Waals surface area contributed by atoms with Crippen LogP contribution in [0.2, 0.25) is 0 Å². The SMILES string of the molecule is Nc1ccc(C(=O)N2CCN3C(=O)OCC3(Cc3ccccc3)C2)cn1. The van der Waals surface area contributed by atoms with E-state index in [9.17, 15) is 9.59 Å². The number of piperazine rings is 1. The second-order valence-corrected chi connectivity index (χ2v) is 6.79. The van der Waals surface area contributed by atoms with Crippen LogP contribution in [0.3, 0.4) is 0 Å². The molecule has 4 rings (SSSR count). The molecular formula is C19H20N4O3. The van der Waals surface area contributed by atoms with Crippen molar-refractivity contribution in [2.75, 3.05) is 32.0 Å². The van der Waals surface area contributed by atoms with Gasteiger partial charge in [0, 0.05) is 32.3 Å². The van der Waals surface area contributed by atoms with Crippen LogP contribution >= 0.6 is 0 Å². The number of ether oxygens (including phenoxy) is 1. The fourth-order valence-corrected chi connectivity index (χ4v) is 3.73. The molecule has 0 aliphatic carbocycles. The molecule has 2 amide bonds. The lowest BCUT2D eigenvalue weighted by molar-refractivity contribution is 0.0375. The summed E-state index contributed by atoms with van der Waals surface area (Å²) in [4.78, 5) is 32.6. The summed E-state index contributed by atoms with van der Waals surface area (Å²) in [7, 11) is 0. The van der Waals surface area contributed by atoms with E-state index >= 15 is 0 Å². The maximum atomic E-state index is 12.9. The van der Waals surface area contributed by atoms with Gasteiger partial charge in [-0.25, -0.2) is 9.78 Å². The standard InChI is InChI=1S/C19H20N4O3/c20-16-7-6-15(11-21-16)17(24)22-8-9-23-18(25)26-13-19(23,12-22)10-14-4-2-1-3-5-14/h1-7,11H,8-10,12-13H2,(H2,20,21). The normalized spacial score (nSPS) is 22.1. The Hall–Kier alpha value is -3.09. The molecule has 1 atom stereocenters. The van der Waals surface area contributed by atoms with Gasteiger partial charge in [0.1, 0.15) is 18.0 Å². The Balaban J connectivity index is 1.59. The minimum absolute atomic E-state index is 0.107. The molecule has 2 N–H and O–H groups in total. The molecule has 26 heavy (non-hydrogen) atoms. The smallest absolute Gasteiger partial charge is 0.410 e. The van der Waals surface area contributed by atoms with Crippen molar-refractivity contribution in [1.82, 2.24) is 14.8 Å². The highest BCUT2D eigenvalue weighted by atomic mass is 16.6. The molecule has 2 aromatic rings. The first-order valence-corrected chi connectivity index (χ1v) is 8.57. The minimum atomic E-state index is -0.534. The molecule has 2 fully saturated rings. The van der Waals surface area contributed by atoms with Crippen molar-refractivity contribution in [2.45, 2.75) is 12.0 Å². The number of rotatable bonds is 3. The molecular weight excluding hydrogens is 332 g/mol. The van der Waals surface area contributed by atoms with Crippen LogP contribution in [0.15, 0.2) is 48.7 Å². The van der Waals surface area contributed by atoms with Gasteiger partial charge in [0.2, 0.25) is 0 Å². The number of carbonyl (C=O) groups excluding carboxylic acids is 2. The van der Waals surface area contributed by atoms with E-state index in [-0.39, 0.29) is 18.6 Å². The van der Waals surface area contributed by atoms with Gasteiger partial charge < -0.3 is 15.4 Å². The molecule has 7 heteroatoms. The fraction of sp³-hybridized carbons (Fsp3) is 0.316. The third kappa shape index (κ3) is 2.85.